The predicted octanol–water partition coefficient (Wildman–Crippen LogP) is 3.11. The molecule has 0 saturated carbocycles. The normalized spacial score (nSPS) is 14.2. The number of nitrogens with zero attached hydrogens (tertiary/aromatic N) is 2. The highest BCUT2D eigenvalue weighted by atomic mass is 35.5. The third-order valence-corrected chi connectivity index (χ3v) is 4.23. The summed E-state index contributed by atoms with van der Waals surface area (Å²) >= 11 is 11.9. The first-order chi connectivity index (χ1) is 12.0. The van der Waals surface area contributed by atoms with Crippen LogP contribution < -0.4 is 5.32 Å². The van der Waals surface area contributed by atoms with Gasteiger partial charge in [0.2, 0.25) is 0 Å². The maximum Gasteiger partial charge on any atom is 0.274 e. The van der Waals surface area contributed by atoms with Gasteiger partial charge in [0.1, 0.15) is 11.4 Å². The summed E-state index contributed by atoms with van der Waals surface area (Å²) in [5.41, 5.74) is 0.768. The van der Waals surface area contributed by atoms with Gasteiger partial charge in [0, 0.05) is 18.1 Å². The van der Waals surface area contributed by atoms with Crippen molar-refractivity contribution in [1.82, 2.24) is 9.88 Å². The molecule has 2 heterocycles. The summed E-state index contributed by atoms with van der Waals surface area (Å²) in [6.07, 6.45) is 0. The highest BCUT2D eigenvalue weighted by molar-refractivity contribution is 6.36. The molecular weight excluding hydrogens is 365 g/mol. The lowest BCUT2D eigenvalue weighted by molar-refractivity contribution is 0.0299. The first kappa shape index (κ1) is 17.7. The summed E-state index contributed by atoms with van der Waals surface area (Å²) in [7, 11) is 0. The molecule has 0 unspecified atom stereocenters. The van der Waals surface area contributed by atoms with Crippen LogP contribution in [0.1, 0.15) is 21.0 Å². The van der Waals surface area contributed by atoms with E-state index in [1.165, 1.54) is 12.1 Å². The Morgan fingerprint density at radius 2 is 1.80 bits per heavy atom. The lowest BCUT2D eigenvalue weighted by Crippen LogP contribution is -2.41. The van der Waals surface area contributed by atoms with Crippen molar-refractivity contribution in [2.24, 2.45) is 0 Å². The van der Waals surface area contributed by atoms with Crippen molar-refractivity contribution in [2.45, 2.75) is 0 Å². The summed E-state index contributed by atoms with van der Waals surface area (Å²) in [5.74, 6) is -0.677. The summed E-state index contributed by atoms with van der Waals surface area (Å²) in [6, 6.07) is 9.50. The molecule has 0 radical (unpaired) electrons. The van der Waals surface area contributed by atoms with Crippen LogP contribution in [-0.2, 0) is 4.74 Å². The fraction of sp³-hybridized carbons (Fsp3) is 0.235. The number of pyridine rings is 1. The Labute approximate surface area is 154 Å². The highest BCUT2D eigenvalue weighted by Crippen LogP contribution is 2.25. The average Bonchev–Trinajstić information content (AvgIpc) is 2.64. The minimum atomic E-state index is -0.458. The Morgan fingerprint density at radius 1 is 1.08 bits per heavy atom. The number of ether oxygens (including phenoxy) is 1. The predicted molar refractivity (Wildman–Crippen MR) is 95.4 cm³/mol. The number of hydrogen-bond donors (Lipinski definition) is 1. The largest absolute Gasteiger partial charge is 0.378 e. The van der Waals surface area contributed by atoms with Gasteiger partial charge in [-0.2, -0.15) is 0 Å². The highest BCUT2D eigenvalue weighted by Gasteiger charge is 2.21. The molecule has 1 aromatic heterocycles. The van der Waals surface area contributed by atoms with Gasteiger partial charge in [0.15, 0.2) is 0 Å². The molecule has 1 N–H and O–H groups in total. The molecule has 1 fully saturated rings. The molecule has 3 rings (SSSR count). The summed E-state index contributed by atoms with van der Waals surface area (Å²) in [4.78, 5) is 30.7. The second-order valence-electron chi connectivity index (χ2n) is 5.39. The minimum absolute atomic E-state index is 0.130. The van der Waals surface area contributed by atoms with Crippen molar-refractivity contribution in [3.05, 3.63) is 57.8 Å². The molecule has 0 aliphatic carbocycles. The van der Waals surface area contributed by atoms with Crippen LogP contribution in [0.25, 0.3) is 0 Å². The van der Waals surface area contributed by atoms with Gasteiger partial charge < -0.3 is 15.0 Å². The molecule has 1 aliphatic rings. The van der Waals surface area contributed by atoms with E-state index < -0.39 is 5.91 Å². The van der Waals surface area contributed by atoms with Gasteiger partial charge in [-0.15, -0.1) is 0 Å². The molecule has 6 nitrogen and oxygen atoms in total. The quantitative estimate of drug-likeness (QED) is 0.888. The molecule has 8 heteroatoms. The lowest BCUT2D eigenvalue weighted by atomic mass is 10.2. The SMILES string of the molecule is O=C(Nc1ccc(Cl)cc1Cl)c1cccc(C(=O)N2CCOCC2)n1. The number of benzene rings is 1. The molecule has 130 valence electrons. The molecule has 2 aromatic rings. The van der Waals surface area contributed by atoms with E-state index in [0.29, 0.717) is 42.0 Å². The average molecular weight is 380 g/mol. The molecule has 1 aliphatic heterocycles. The Hall–Kier alpha value is -2.15. The van der Waals surface area contributed by atoms with E-state index in [4.69, 9.17) is 27.9 Å². The molecule has 1 aromatic carbocycles. The van der Waals surface area contributed by atoms with Crippen molar-refractivity contribution in [3.8, 4) is 0 Å². The van der Waals surface area contributed by atoms with Crippen molar-refractivity contribution in [1.29, 1.82) is 0 Å². The molecular formula is C17H15Cl2N3O3. The van der Waals surface area contributed by atoms with Gasteiger partial charge in [-0.1, -0.05) is 29.3 Å². The van der Waals surface area contributed by atoms with Crippen LogP contribution in [-0.4, -0.2) is 48.0 Å². The fourth-order valence-corrected chi connectivity index (χ4v) is 2.84. The monoisotopic (exact) mass is 379 g/mol. The number of carbonyl (C=O) groups is 2. The number of hydrogen-bond acceptors (Lipinski definition) is 4. The second-order valence-corrected chi connectivity index (χ2v) is 6.23. The van der Waals surface area contributed by atoms with Gasteiger partial charge in [-0.25, -0.2) is 4.98 Å². The third-order valence-electron chi connectivity index (χ3n) is 3.68. The number of halogens is 2. The standard InChI is InChI=1S/C17H15Cl2N3O3/c18-11-4-5-13(12(19)10-11)21-16(23)14-2-1-3-15(20-14)17(24)22-6-8-25-9-7-22/h1-5,10H,6-9H2,(H,21,23). The van der Waals surface area contributed by atoms with Crippen LogP contribution in [0, 0.1) is 0 Å². The number of morpholine rings is 1. The fourth-order valence-electron chi connectivity index (χ4n) is 2.39. The number of amides is 2. The van der Waals surface area contributed by atoms with Crippen LogP contribution in [0.5, 0.6) is 0 Å². The zero-order valence-corrected chi connectivity index (χ0v) is 14.7. The van der Waals surface area contributed by atoms with Crippen molar-refractivity contribution < 1.29 is 14.3 Å². The van der Waals surface area contributed by atoms with Gasteiger partial charge in [0.05, 0.1) is 23.9 Å². The van der Waals surface area contributed by atoms with E-state index in [2.05, 4.69) is 10.3 Å². The minimum Gasteiger partial charge on any atom is -0.378 e. The zero-order chi connectivity index (χ0) is 17.8. The maximum absolute atomic E-state index is 12.5. The van der Waals surface area contributed by atoms with Gasteiger partial charge in [0.25, 0.3) is 11.8 Å². The maximum atomic E-state index is 12.5. The molecule has 2 amide bonds. The summed E-state index contributed by atoms with van der Waals surface area (Å²) in [5, 5.41) is 3.45. The van der Waals surface area contributed by atoms with Gasteiger partial charge in [-0.3, -0.25) is 9.59 Å². The number of carbonyl (C=O) groups excluding carboxylic acids is 2. The number of aromatic nitrogens is 1. The van der Waals surface area contributed by atoms with Crippen molar-refractivity contribution in [3.63, 3.8) is 0 Å². The summed E-state index contributed by atoms with van der Waals surface area (Å²) in [6.45, 7) is 2.02. The van der Waals surface area contributed by atoms with Crippen molar-refractivity contribution >= 4 is 40.7 Å². The number of nitrogens with one attached hydrogen (secondary N) is 1. The van der Waals surface area contributed by atoms with E-state index >= 15 is 0 Å². The smallest absolute Gasteiger partial charge is 0.274 e. The Bertz CT molecular complexity index is 807. The van der Waals surface area contributed by atoms with E-state index in [-0.39, 0.29) is 17.3 Å². The zero-order valence-electron chi connectivity index (χ0n) is 13.2. The van der Waals surface area contributed by atoms with Crippen LogP contribution in [0.4, 0.5) is 5.69 Å². The second kappa shape index (κ2) is 7.82. The van der Waals surface area contributed by atoms with Crippen molar-refractivity contribution in [2.75, 3.05) is 31.6 Å². The molecule has 1 saturated heterocycles. The van der Waals surface area contributed by atoms with E-state index in [1.807, 2.05) is 0 Å². The number of anilines is 1. The van der Waals surface area contributed by atoms with Crippen LogP contribution in [0.2, 0.25) is 10.0 Å². The lowest BCUT2D eigenvalue weighted by Gasteiger charge is -2.26. The van der Waals surface area contributed by atoms with Gasteiger partial charge in [-0.05, 0) is 30.3 Å². The number of rotatable bonds is 3. The first-order valence-corrected chi connectivity index (χ1v) is 8.40. The van der Waals surface area contributed by atoms with Crippen LogP contribution in [0.3, 0.4) is 0 Å². The Morgan fingerprint density at radius 3 is 2.52 bits per heavy atom. The Kier molecular flexibility index (Phi) is 5.53. The van der Waals surface area contributed by atoms with Crippen LogP contribution >= 0.6 is 23.2 Å². The van der Waals surface area contributed by atoms with Crippen LogP contribution in [0.15, 0.2) is 36.4 Å². The van der Waals surface area contributed by atoms with Gasteiger partial charge >= 0.3 is 0 Å². The molecule has 0 bridgehead atoms. The molecule has 0 atom stereocenters. The first-order valence-electron chi connectivity index (χ1n) is 7.65. The van der Waals surface area contributed by atoms with E-state index in [0.717, 1.165) is 0 Å². The van der Waals surface area contributed by atoms with E-state index in [9.17, 15) is 9.59 Å². The molecule has 0 spiro atoms. The third kappa shape index (κ3) is 4.28. The topological polar surface area (TPSA) is 71.5 Å². The molecule has 25 heavy (non-hydrogen) atoms. The van der Waals surface area contributed by atoms with E-state index in [1.54, 1.807) is 29.2 Å². The Balaban J connectivity index is 1.76. The summed E-state index contributed by atoms with van der Waals surface area (Å²) < 4.78 is 5.23.